The van der Waals surface area contributed by atoms with E-state index in [0.29, 0.717) is 0 Å². The maximum Gasteiger partial charge on any atom is 0.247 e. The van der Waals surface area contributed by atoms with Crippen LogP contribution in [0, 0.1) is 0 Å². The minimum Gasteiger partial charge on any atom is -0.367 e. The number of rotatable bonds is 4. The molecule has 0 saturated heterocycles. The molecular formula is C7H8Cl2F2N4. The predicted octanol–water partition coefficient (Wildman–Crippen LogP) is 2.64. The van der Waals surface area contributed by atoms with Crippen molar-refractivity contribution in [3.05, 3.63) is 10.4 Å². The fraction of sp³-hybridized carbons (Fsp3) is 0.571. The zero-order valence-corrected chi connectivity index (χ0v) is 9.28. The smallest absolute Gasteiger partial charge is 0.247 e. The largest absolute Gasteiger partial charge is 0.367 e. The second-order valence-corrected chi connectivity index (χ2v) is 3.66. The van der Waals surface area contributed by atoms with Gasteiger partial charge >= 0.3 is 0 Å². The van der Waals surface area contributed by atoms with Gasteiger partial charge in [-0.3, -0.25) is 0 Å². The third kappa shape index (κ3) is 4.53. The Bertz CT molecular complexity index is 342. The van der Waals surface area contributed by atoms with Crippen molar-refractivity contribution in [2.75, 3.05) is 11.9 Å². The summed E-state index contributed by atoms with van der Waals surface area (Å²) >= 11 is 11.1. The van der Waals surface area contributed by atoms with Gasteiger partial charge in [0.2, 0.25) is 11.2 Å². The van der Waals surface area contributed by atoms with E-state index in [-0.39, 0.29) is 29.2 Å². The maximum absolute atomic E-state index is 12.5. The minimum absolute atomic E-state index is 0.00109. The van der Waals surface area contributed by atoms with Gasteiger partial charge in [-0.15, -0.1) is 10.2 Å². The highest BCUT2D eigenvalue weighted by molar-refractivity contribution is 6.32. The number of alkyl halides is 2. The molecule has 1 aromatic rings. The van der Waals surface area contributed by atoms with Crippen molar-refractivity contribution in [2.24, 2.45) is 0 Å². The Labute approximate surface area is 95.0 Å². The topological polar surface area (TPSA) is 50.7 Å². The van der Waals surface area contributed by atoms with Crippen LogP contribution in [0.15, 0.2) is 0 Å². The minimum atomic E-state index is -2.73. The van der Waals surface area contributed by atoms with Crippen LogP contribution in [-0.4, -0.2) is 27.6 Å². The highest BCUT2D eigenvalue weighted by Gasteiger charge is 2.20. The summed E-state index contributed by atoms with van der Waals surface area (Å²) in [5.74, 6) is -2.58. The lowest BCUT2D eigenvalue weighted by Crippen LogP contribution is -2.17. The molecule has 0 bridgehead atoms. The lowest BCUT2D eigenvalue weighted by molar-refractivity contribution is 0.0167. The van der Waals surface area contributed by atoms with Crippen LogP contribution in [0.4, 0.5) is 14.6 Å². The lowest BCUT2D eigenvalue weighted by atomic mass is 10.3. The maximum atomic E-state index is 12.5. The molecule has 8 heteroatoms. The molecule has 1 heterocycles. The quantitative estimate of drug-likeness (QED) is 0.900. The van der Waals surface area contributed by atoms with Gasteiger partial charge in [0, 0.05) is 13.0 Å². The van der Waals surface area contributed by atoms with Crippen LogP contribution < -0.4 is 5.32 Å². The number of hydrogen-bond donors (Lipinski definition) is 1. The Morgan fingerprint density at radius 2 is 2.00 bits per heavy atom. The van der Waals surface area contributed by atoms with Crippen LogP contribution in [0.5, 0.6) is 0 Å². The first-order valence-electron chi connectivity index (χ1n) is 4.06. The van der Waals surface area contributed by atoms with Crippen LogP contribution in [0.25, 0.3) is 0 Å². The molecule has 0 aliphatic carbocycles. The molecule has 0 unspecified atom stereocenters. The summed E-state index contributed by atoms with van der Waals surface area (Å²) < 4.78 is 24.9. The van der Waals surface area contributed by atoms with E-state index >= 15 is 0 Å². The van der Waals surface area contributed by atoms with E-state index in [0.717, 1.165) is 6.92 Å². The number of nitrogens with zero attached hydrogens (tertiary/aromatic N) is 3. The Morgan fingerprint density at radius 1 is 1.33 bits per heavy atom. The standard InChI is InChI=1S/C7H8Cl2F2N4/c1-7(10,11)2-3-12-5-4(8)14-15-6(9)13-5/h2-3H2,1H3,(H,12,13,15). The molecule has 1 N–H and O–H groups in total. The average Bonchev–Trinajstić information content (AvgIpc) is 2.09. The van der Waals surface area contributed by atoms with Gasteiger partial charge in [-0.05, 0) is 18.5 Å². The van der Waals surface area contributed by atoms with Crippen molar-refractivity contribution >= 4 is 29.0 Å². The van der Waals surface area contributed by atoms with Crippen molar-refractivity contribution in [1.82, 2.24) is 15.2 Å². The van der Waals surface area contributed by atoms with E-state index in [1.165, 1.54) is 0 Å². The second-order valence-electron chi connectivity index (χ2n) is 2.97. The number of anilines is 1. The third-order valence-corrected chi connectivity index (χ3v) is 1.89. The summed E-state index contributed by atoms with van der Waals surface area (Å²) in [7, 11) is 0. The van der Waals surface area contributed by atoms with Crippen LogP contribution in [0.2, 0.25) is 10.4 Å². The number of hydrogen-bond acceptors (Lipinski definition) is 4. The van der Waals surface area contributed by atoms with Crippen LogP contribution in [-0.2, 0) is 0 Å². The van der Waals surface area contributed by atoms with Gasteiger partial charge in [0.1, 0.15) is 0 Å². The fourth-order valence-electron chi connectivity index (χ4n) is 0.806. The Morgan fingerprint density at radius 3 is 2.60 bits per heavy atom. The third-order valence-electron chi connectivity index (χ3n) is 1.48. The second kappa shape index (κ2) is 4.85. The van der Waals surface area contributed by atoms with Gasteiger partial charge in [0.15, 0.2) is 11.0 Å². The average molecular weight is 257 g/mol. The molecule has 0 radical (unpaired) electrons. The molecule has 0 saturated carbocycles. The zero-order chi connectivity index (χ0) is 11.5. The van der Waals surface area contributed by atoms with E-state index in [1.54, 1.807) is 0 Å². The van der Waals surface area contributed by atoms with Crippen molar-refractivity contribution in [3.63, 3.8) is 0 Å². The molecule has 0 spiro atoms. The first-order chi connectivity index (χ1) is 6.88. The van der Waals surface area contributed by atoms with E-state index < -0.39 is 5.92 Å². The van der Waals surface area contributed by atoms with E-state index in [9.17, 15) is 8.78 Å². The molecule has 0 fully saturated rings. The molecule has 0 aromatic carbocycles. The van der Waals surface area contributed by atoms with Crippen LogP contribution in [0.3, 0.4) is 0 Å². The van der Waals surface area contributed by atoms with Crippen molar-refractivity contribution in [2.45, 2.75) is 19.3 Å². The van der Waals surface area contributed by atoms with Crippen molar-refractivity contribution < 1.29 is 8.78 Å². The van der Waals surface area contributed by atoms with Crippen molar-refractivity contribution in [1.29, 1.82) is 0 Å². The zero-order valence-electron chi connectivity index (χ0n) is 7.77. The van der Waals surface area contributed by atoms with Gasteiger partial charge in [-0.25, -0.2) is 8.78 Å². The molecule has 84 valence electrons. The number of nitrogens with one attached hydrogen (secondary N) is 1. The summed E-state index contributed by atoms with van der Waals surface area (Å²) in [4.78, 5) is 3.70. The Kier molecular flexibility index (Phi) is 3.98. The molecule has 1 aromatic heterocycles. The first kappa shape index (κ1) is 12.3. The fourth-order valence-corrected chi connectivity index (χ4v) is 1.08. The summed E-state index contributed by atoms with van der Waals surface area (Å²) in [6.45, 7) is 0.861. The summed E-state index contributed by atoms with van der Waals surface area (Å²) in [5, 5.41) is 9.35. The van der Waals surface area contributed by atoms with Gasteiger partial charge in [-0.1, -0.05) is 11.6 Å². The van der Waals surface area contributed by atoms with E-state index in [2.05, 4.69) is 20.5 Å². The molecule has 15 heavy (non-hydrogen) atoms. The summed E-state index contributed by atoms with van der Waals surface area (Å²) in [6.07, 6.45) is -0.328. The predicted molar refractivity (Wildman–Crippen MR) is 53.6 cm³/mol. The Balaban J connectivity index is 2.54. The highest BCUT2D eigenvalue weighted by atomic mass is 35.5. The number of aromatic nitrogens is 3. The summed E-state index contributed by atoms with van der Waals surface area (Å²) in [5.41, 5.74) is 0. The van der Waals surface area contributed by atoms with Gasteiger partial charge in [0.25, 0.3) is 0 Å². The molecule has 0 atom stereocenters. The molecule has 1 rings (SSSR count). The molecule has 0 aliphatic rings. The van der Waals surface area contributed by atoms with Crippen LogP contribution >= 0.6 is 23.2 Å². The summed E-state index contributed by atoms with van der Waals surface area (Å²) in [6, 6.07) is 0. The van der Waals surface area contributed by atoms with Gasteiger partial charge in [-0.2, -0.15) is 4.98 Å². The Hall–Kier alpha value is -0.750. The van der Waals surface area contributed by atoms with Crippen LogP contribution in [0.1, 0.15) is 13.3 Å². The molecule has 0 amide bonds. The van der Waals surface area contributed by atoms with Gasteiger partial charge in [0.05, 0.1) is 0 Å². The normalized spacial score (nSPS) is 11.5. The highest BCUT2D eigenvalue weighted by Crippen LogP contribution is 2.19. The lowest BCUT2D eigenvalue weighted by Gasteiger charge is -2.11. The van der Waals surface area contributed by atoms with Crippen molar-refractivity contribution in [3.8, 4) is 0 Å². The van der Waals surface area contributed by atoms with Gasteiger partial charge < -0.3 is 5.32 Å². The SMILES string of the molecule is CC(F)(F)CCNc1nc(Cl)nnc1Cl. The van der Waals surface area contributed by atoms with E-state index in [1.807, 2.05) is 0 Å². The molecule has 4 nitrogen and oxygen atoms in total. The number of halogens is 4. The van der Waals surface area contributed by atoms with E-state index in [4.69, 9.17) is 23.2 Å². The molecule has 0 aliphatic heterocycles. The first-order valence-corrected chi connectivity index (χ1v) is 4.81. The molecular weight excluding hydrogens is 249 g/mol. The monoisotopic (exact) mass is 256 g/mol.